The van der Waals surface area contributed by atoms with Crippen LogP contribution in [0.1, 0.15) is 24.8 Å². The van der Waals surface area contributed by atoms with E-state index in [1.807, 2.05) is 0 Å². The number of hydrogen-bond donors (Lipinski definition) is 1. The van der Waals surface area contributed by atoms with Gasteiger partial charge in [0.1, 0.15) is 0 Å². The van der Waals surface area contributed by atoms with Gasteiger partial charge in [0.15, 0.2) is 0 Å². The highest BCUT2D eigenvalue weighted by Gasteiger charge is 2.21. The van der Waals surface area contributed by atoms with E-state index in [2.05, 4.69) is 48.2 Å². The maximum absolute atomic E-state index is 11.2. The smallest absolute Gasteiger partial charge is 0.220 e. The number of benzene rings is 1. The summed E-state index contributed by atoms with van der Waals surface area (Å²) in [5.74, 6) is -0.160. The molecule has 0 fully saturated rings. The van der Waals surface area contributed by atoms with Gasteiger partial charge in [-0.2, -0.15) is 0 Å². The Labute approximate surface area is 112 Å². The third kappa shape index (κ3) is 2.05. The number of nitrogens with two attached hydrogens (primary N) is 1. The van der Waals surface area contributed by atoms with Gasteiger partial charge in [0, 0.05) is 35.6 Å². The van der Waals surface area contributed by atoms with Gasteiger partial charge in [0.25, 0.3) is 0 Å². The molecule has 0 radical (unpaired) electrons. The molecule has 0 aliphatic heterocycles. The number of rotatable bonds is 2. The van der Waals surface area contributed by atoms with Gasteiger partial charge < -0.3 is 10.3 Å². The molecule has 2 N–H and O–H groups in total. The Kier molecular flexibility index (Phi) is 2.90. The summed E-state index contributed by atoms with van der Waals surface area (Å²) in [5, 5.41) is 1.29. The highest BCUT2D eigenvalue weighted by atomic mass is 16.1. The third-order valence-electron chi connectivity index (χ3n) is 4.06. The second-order valence-corrected chi connectivity index (χ2v) is 5.27. The molecule has 1 aliphatic rings. The summed E-state index contributed by atoms with van der Waals surface area (Å²) >= 11 is 0. The van der Waals surface area contributed by atoms with Crippen molar-refractivity contribution in [2.45, 2.75) is 19.3 Å². The van der Waals surface area contributed by atoms with E-state index >= 15 is 0 Å². The van der Waals surface area contributed by atoms with Gasteiger partial charge in [0.2, 0.25) is 5.91 Å². The molecule has 1 unspecified atom stereocenters. The number of amides is 1. The van der Waals surface area contributed by atoms with Gasteiger partial charge in [0.05, 0.1) is 0 Å². The van der Waals surface area contributed by atoms with Crippen molar-refractivity contribution < 1.29 is 4.79 Å². The summed E-state index contributed by atoms with van der Waals surface area (Å²) in [6.07, 6.45) is 6.93. The number of carbonyl (C=O) groups is 1. The molecule has 3 nitrogen and oxygen atoms in total. The van der Waals surface area contributed by atoms with Crippen LogP contribution in [0.15, 0.2) is 36.5 Å². The lowest BCUT2D eigenvalue weighted by Gasteiger charge is -2.19. The monoisotopic (exact) mass is 254 g/mol. The van der Waals surface area contributed by atoms with E-state index in [4.69, 9.17) is 5.73 Å². The SMILES string of the molecule is Cn1cc(C2=CCC(C(N)=O)CC2)c2ccccc21. The van der Waals surface area contributed by atoms with Crippen LogP contribution in [0.5, 0.6) is 0 Å². The van der Waals surface area contributed by atoms with E-state index in [0.29, 0.717) is 0 Å². The van der Waals surface area contributed by atoms with E-state index in [9.17, 15) is 4.79 Å². The Hall–Kier alpha value is -2.03. The summed E-state index contributed by atoms with van der Waals surface area (Å²) in [6, 6.07) is 8.42. The van der Waals surface area contributed by atoms with Crippen LogP contribution in [-0.2, 0) is 11.8 Å². The van der Waals surface area contributed by atoms with Crippen molar-refractivity contribution in [2.24, 2.45) is 18.7 Å². The molecule has 1 atom stereocenters. The molecule has 0 bridgehead atoms. The average molecular weight is 254 g/mol. The van der Waals surface area contributed by atoms with Crippen molar-refractivity contribution >= 4 is 22.4 Å². The van der Waals surface area contributed by atoms with Crippen molar-refractivity contribution in [1.82, 2.24) is 4.57 Å². The van der Waals surface area contributed by atoms with Crippen LogP contribution in [0, 0.1) is 5.92 Å². The highest BCUT2D eigenvalue weighted by Crippen LogP contribution is 2.34. The number of para-hydroxylation sites is 1. The zero-order valence-electron chi connectivity index (χ0n) is 11.1. The Bertz CT molecular complexity index is 666. The molecule has 0 saturated carbocycles. The molecular weight excluding hydrogens is 236 g/mol. The topological polar surface area (TPSA) is 48.0 Å². The number of hydrogen-bond acceptors (Lipinski definition) is 1. The average Bonchev–Trinajstić information content (AvgIpc) is 2.77. The fraction of sp³-hybridized carbons (Fsp3) is 0.312. The van der Waals surface area contributed by atoms with E-state index in [-0.39, 0.29) is 11.8 Å². The van der Waals surface area contributed by atoms with Crippen molar-refractivity contribution in [3.05, 3.63) is 42.1 Å². The van der Waals surface area contributed by atoms with Crippen molar-refractivity contribution in [3.63, 3.8) is 0 Å². The number of nitrogens with zero attached hydrogens (tertiary/aromatic N) is 1. The lowest BCUT2D eigenvalue weighted by molar-refractivity contribution is -0.121. The summed E-state index contributed by atoms with van der Waals surface area (Å²) < 4.78 is 2.16. The minimum Gasteiger partial charge on any atom is -0.369 e. The number of aromatic nitrogens is 1. The predicted molar refractivity (Wildman–Crippen MR) is 77.4 cm³/mol. The molecule has 1 amide bonds. The van der Waals surface area contributed by atoms with Crippen molar-refractivity contribution in [1.29, 1.82) is 0 Å². The van der Waals surface area contributed by atoms with Crippen LogP contribution >= 0.6 is 0 Å². The molecule has 0 spiro atoms. The third-order valence-corrected chi connectivity index (χ3v) is 4.06. The number of primary amides is 1. The molecule has 2 aromatic rings. The number of allylic oxidation sites excluding steroid dienone is 2. The van der Waals surface area contributed by atoms with Crippen LogP contribution in [0.4, 0.5) is 0 Å². The molecule has 3 rings (SSSR count). The minimum absolute atomic E-state index is 0.0127. The van der Waals surface area contributed by atoms with Gasteiger partial charge in [-0.25, -0.2) is 0 Å². The molecular formula is C16H18N2O. The Balaban J connectivity index is 2.00. The van der Waals surface area contributed by atoms with Gasteiger partial charge in [-0.15, -0.1) is 0 Å². The quantitative estimate of drug-likeness (QED) is 0.880. The normalized spacial score (nSPS) is 19.4. The second-order valence-electron chi connectivity index (χ2n) is 5.27. The number of carbonyl (C=O) groups excluding carboxylic acids is 1. The van der Waals surface area contributed by atoms with E-state index in [1.165, 1.54) is 22.0 Å². The molecule has 1 aromatic heterocycles. The molecule has 0 saturated heterocycles. The first-order valence-electron chi connectivity index (χ1n) is 6.69. The van der Waals surface area contributed by atoms with E-state index < -0.39 is 0 Å². The van der Waals surface area contributed by atoms with E-state index in [0.717, 1.165) is 19.3 Å². The van der Waals surface area contributed by atoms with Gasteiger partial charge in [-0.3, -0.25) is 4.79 Å². The Morgan fingerprint density at radius 2 is 2.16 bits per heavy atom. The summed E-state index contributed by atoms with van der Waals surface area (Å²) in [5.41, 5.74) is 9.25. The molecule has 19 heavy (non-hydrogen) atoms. The van der Waals surface area contributed by atoms with Crippen molar-refractivity contribution in [3.8, 4) is 0 Å². The minimum atomic E-state index is -0.173. The van der Waals surface area contributed by atoms with Crippen LogP contribution < -0.4 is 5.73 Å². The summed E-state index contributed by atoms with van der Waals surface area (Å²) in [7, 11) is 2.07. The molecule has 98 valence electrons. The molecule has 3 heteroatoms. The predicted octanol–water partition coefficient (Wildman–Crippen LogP) is 2.85. The zero-order chi connectivity index (χ0) is 13.4. The fourth-order valence-electron chi connectivity index (χ4n) is 2.93. The molecule has 1 aromatic carbocycles. The molecule has 1 heterocycles. The van der Waals surface area contributed by atoms with Crippen LogP contribution in [0.25, 0.3) is 16.5 Å². The maximum atomic E-state index is 11.2. The maximum Gasteiger partial charge on any atom is 0.220 e. The number of fused-ring (bicyclic) bond motifs is 1. The second kappa shape index (κ2) is 4.57. The van der Waals surface area contributed by atoms with Gasteiger partial charge in [-0.05, 0) is 30.9 Å². The van der Waals surface area contributed by atoms with Gasteiger partial charge in [-0.1, -0.05) is 24.3 Å². The first-order chi connectivity index (χ1) is 9.16. The largest absolute Gasteiger partial charge is 0.369 e. The first kappa shape index (κ1) is 12.0. The summed E-state index contributed by atoms with van der Waals surface area (Å²) in [4.78, 5) is 11.2. The first-order valence-corrected chi connectivity index (χ1v) is 6.69. The van der Waals surface area contributed by atoms with Crippen LogP contribution in [0.3, 0.4) is 0 Å². The fourth-order valence-corrected chi connectivity index (χ4v) is 2.93. The van der Waals surface area contributed by atoms with Gasteiger partial charge >= 0.3 is 0 Å². The standard InChI is InChI=1S/C16H18N2O/c1-18-10-14(13-4-2-3-5-15(13)18)11-6-8-12(9-7-11)16(17)19/h2-6,10,12H,7-9H2,1H3,(H2,17,19). The zero-order valence-corrected chi connectivity index (χ0v) is 11.1. The van der Waals surface area contributed by atoms with Crippen LogP contribution in [-0.4, -0.2) is 10.5 Å². The van der Waals surface area contributed by atoms with Crippen LogP contribution in [0.2, 0.25) is 0 Å². The highest BCUT2D eigenvalue weighted by molar-refractivity contribution is 5.93. The summed E-state index contributed by atoms with van der Waals surface area (Å²) in [6.45, 7) is 0. The van der Waals surface area contributed by atoms with E-state index in [1.54, 1.807) is 0 Å². The van der Waals surface area contributed by atoms with Crippen molar-refractivity contribution in [2.75, 3.05) is 0 Å². The lowest BCUT2D eigenvalue weighted by Crippen LogP contribution is -2.24. The number of aryl methyl sites for hydroxylation is 1. The molecule has 1 aliphatic carbocycles. The Morgan fingerprint density at radius 1 is 1.37 bits per heavy atom. The Morgan fingerprint density at radius 3 is 2.84 bits per heavy atom. The lowest BCUT2D eigenvalue weighted by atomic mass is 9.86.